The molecule has 3 rings (SSSR count). The number of rotatable bonds is 8. The summed E-state index contributed by atoms with van der Waals surface area (Å²) in [7, 11) is 2.96. The maximum atomic E-state index is 13.4. The Morgan fingerprint density at radius 3 is 2.40 bits per heavy atom. The lowest BCUT2D eigenvalue weighted by atomic mass is 9.99. The van der Waals surface area contributed by atoms with E-state index in [0.717, 1.165) is 0 Å². The van der Waals surface area contributed by atoms with Crippen LogP contribution < -0.4 is 14.4 Å². The molecule has 1 aliphatic rings. The second-order valence-corrected chi connectivity index (χ2v) is 11.2. The number of fused-ring (bicyclic) bond motifs is 1. The second kappa shape index (κ2) is 10.8. The average molecular weight is 506 g/mol. The summed E-state index contributed by atoms with van der Waals surface area (Å²) in [4.78, 5) is 17.1. The average Bonchev–Trinajstić information content (AvgIpc) is 2.84. The lowest BCUT2D eigenvalue weighted by Crippen LogP contribution is -2.50. The van der Waals surface area contributed by atoms with Crippen molar-refractivity contribution in [2.45, 2.75) is 30.9 Å². The van der Waals surface area contributed by atoms with Gasteiger partial charge in [-0.2, -0.15) is 4.31 Å². The summed E-state index contributed by atoms with van der Waals surface area (Å²) in [6.45, 7) is 3.92. The highest BCUT2D eigenvalue weighted by atomic mass is 32.2. The van der Waals surface area contributed by atoms with Crippen molar-refractivity contribution in [2.75, 3.05) is 52.8 Å². The van der Waals surface area contributed by atoms with Crippen LogP contribution in [0.5, 0.6) is 11.5 Å². The van der Waals surface area contributed by atoms with Gasteiger partial charge in [-0.1, -0.05) is 13.0 Å². The zero-order valence-corrected chi connectivity index (χ0v) is 21.9. The number of anilines is 1. The fraction of sp³-hybridized carbons (Fsp3) is 0.480. The van der Waals surface area contributed by atoms with Crippen molar-refractivity contribution < 1.29 is 27.8 Å². The Morgan fingerprint density at radius 1 is 1.17 bits per heavy atom. The van der Waals surface area contributed by atoms with Gasteiger partial charge in [0.05, 0.1) is 42.4 Å². The Morgan fingerprint density at radius 2 is 1.83 bits per heavy atom. The number of nitrogens with zero attached hydrogens (tertiary/aromatic N) is 3. The van der Waals surface area contributed by atoms with Crippen molar-refractivity contribution >= 4 is 21.6 Å². The van der Waals surface area contributed by atoms with Gasteiger partial charge < -0.3 is 24.4 Å². The number of amides is 1. The molecule has 1 N–H and O–H groups in total. The highest BCUT2D eigenvalue weighted by molar-refractivity contribution is 7.89. The van der Waals surface area contributed by atoms with Gasteiger partial charge in [-0.3, -0.25) is 4.79 Å². The van der Waals surface area contributed by atoms with Crippen molar-refractivity contribution in [3.8, 4) is 11.5 Å². The van der Waals surface area contributed by atoms with Crippen LogP contribution in [0.2, 0.25) is 0 Å². The van der Waals surface area contributed by atoms with Crippen LogP contribution in [-0.2, 0) is 10.0 Å². The lowest BCUT2D eigenvalue weighted by molar-refractivity contribution is 0.0388. The van der Waals surface area contributed by atoms with Gasteiger partial charge >= 0.3 is 0 Å². The van der Waals surface area contributed by atoms with Gasteiger partial charge in [0.15, 0.2) is 5.75 Å². The molecule has 0 bridgehead atoms. The molecule has 0 aromatic heterocycles. The highest BCUT2D eigenvalue weighted by Gasteiger charge is 2.36. The molecule has 0 unspecified atom stereocenters. The predicted molar refractivity (Wildman–Crippen MR) is 135 cm³/mol. The monoisotopic (exact) mass is 505 g/mol. The molecule has 0 radical (unpaired) electrons. The minimum Gasteiger partial charge on any atom is -0.497 e. The van der Waals surface area contributed by atoms with Crippen LogP contribution in [0.15, 0.2) is 47.4 Å². The smallest absolute Gasteiger partial charge is 0.258 e. The van der Waals surface area contributed by atoms with Crippen LogP contribution in [-0.4, -0.2) is 88.7 Å². The number of ether oxygens (including phenoxy) is 2. The number of methoxy groups -OCH3 is 1. The summed E-state index contributed by atoms with van der Waals surface area (Å²) in [5.74, 6) is 0.531. The Labute approximate surface area is 207 Å². The normalized spacial score (nSPS) is 19.4. The molecule has 0 fully saturated rings. The van der Waals surface area contributed by atoms with E-state index in [2.05, 4.69) is 0 Å². The molecule has 1 amide bonds. The molecule has 0 saturated heterocycles. The second-order valence-electron chi connectivity index (χ2n) is 9.13. The minimum atomic E-state index is -3.79. The fourth-order valence-electron chi connectivity index (χ4n) is 4.08. The summed E-state index contributed by atoms with van der Waals surface area (Å²) in [5.41, 5.74) is 1.10. The van der Waals surface area contributed by atoms with Crippen LogP contribution >= 0.6 is 0 Å². The maximum Gasteiger partial charge on any atom is 0.258 e. The largest absolute Gasteiger partial charge is 0.497 e. The Bertz CT molecular complexity index is 1140. The summed E-state index contributed by atoms with van der Waals surface area (Å²) in [5, 5.41) is 9.80. The van der Waals surface area contributed by atoms with Crippen molar-refractivity contribution in [3.05, 3.63) is 48.0 Å². The SMILES string of the molecule is COc1ccc(S(=O)(=O)N(C)C[C@@H]2Oc3c(cccc3N(C)C)C(=O)N([C@@H](C)CO)C[C@H]2C)cc1. The van der Waals surface area contributed by atoms with E-state index in [1.165, 1.54) is 30.6 Å². The highest BCUT2D eigenvalue weighted by Crippen LogP contribution is 2.36. The number of carbonyl (C=O) groups is 1. The Hall–Kier alpha value is -2.82. The molecule has 35 heavy (non-hydrogen) atoms. The first kappa shape index (κ1) is 26.8. The number of benzene rings is 2. The van der Waals surface area contributed by atoms with E-state index in [9.17, 15) is 18.3 Å². The molecular weight excluding hydrogens is 470 g/mol. The molecule has 1 heterocycles. The standard InChI is InChI=1S/C25H35N3O6S/c1-17-14-28(18(2)16-29)25(30)21-8-7-9-22(26(3)4)24(21)34-23(17)15-27(5)35(31,32)20-12-10-19(33-6)11-13-20/h7-13,17-18,23,29H,14-16H2,1-6H3/t17-,18+,23+/m1/s1. The Balaban J connectivity index is 2.00. The van der Waals surface area contributed by atoms with Gasteiger partial charge in [0.1, 0.15) is 11.9 Å². The first-order valence-corrected chi connectivity index (χ1v) is 12.9. The van der Waals surface area contributed by atoms with Crippen molar-refractivity contribution in [3.63, 3.8) is 0 Å². The van der Waals surface area contributed by atoms with Crippen molar-refractivity contribution in [1.82, 2.24) is 9.21 Å². The van der Waals surface area contributed by atoms with Crippen LogP contribution in [0.25, 0.3) is 0 Å². The topological polar surface area (TPSA) is 99.6 Å². The fourth-order valence-corrected chi connectivity index (χ4v) is 5.26. The minimum absolute atomic E-state index is 0.0757. The molecule has 0 aliphatic carbocycles. The number of aliphatic hydroxyl groups excluding tert-OH is 1. The number of likely N-dealkylation sites (N-methyl/N-ethyl adjacent to an activating group) is 1. The molecule has 2 aromatic rings. The van der Waals surface area contributed by atoms with Gasteiger partial charge in [0, 0.05) is 33.6 Å². The molecule has 1 aliphatic heterocycles. The zero-order chi connectivity index (χ0) is 25.9. The molecule has 0 saturated carbocycles. The summed E-state index contributed by atoms with van der Waals surface area (Å²) >= 11 is 0. The van der Waals surface area contributed by atoms with Gasteiger partial charge in [0.25, 0.3) is 5.91 Å². The number of carbonyl (C=O) groups excluding carboxylic acids is 1. The van der Waals surface area contributed by atoms with Gasteiger partial charge in [-0.15, -0.1) is 0 Å². The summed E-state index contributed by atoms with van der Waals surface area (Å²) in [6.07, 6.45) is -0.547. The van der Waals surface area contributed by atoms with Crippen molar-refractivity contribution in [1.29, 1.82) is 0 Å². The Kier molecular flexibility index (Phi) is 8.30. The number of hydrogen-bond donors (Lipinski definition) is 1. The molecule has 9 nitrogen and oxygen atoms in total. The van der Waals surface area contributed by atoms with E-state index in [4.69, 9.17) is 9.47 Å². The van der Waals surface area contributed by atoms with E-state index in [-0.39, 0.29) is 29.9 Å². The van der Waals surface area contributed by atoms with E-state index >= 15 is 0 Å². The summed E-state index contributed by atoms with van der Waals surface area (Å²) < 4.78 is 39.4. The zero-order valence-electron chi connectivity index (χ0n) is 21.1. The quantitative estimate of drug-likeness (QED) is 0.588. The van der Waals surface area contributed by atoms with Crippen molar-refractivity contribution in [2.24, 2.45) is 5.92 Å². The van der Waals surface area contributed by atoms with Gasteiger partial charge in [-0.25, -0.2) is 8.42 Å². The number of sulfonamides is 1. The molecule has 10 heteroatoms. The molecule has 3 atom stereocenters. The van der Waals surface area contributed by atoms with Crippen LogP contribution in [0.4, 0.5) is 5.69 Å². The number of aliphatic hydroxyl groups is 1. The van der Waals surface area contributed by atoms with Crippen LogP contribution in [0, 0.1) is 5.92 Å². The first-order chi connectivity index (χ1) is 16.5. The van der Waals surface area contributed by atoms with E-state index in [0.29, 0.717) is 29.3 Å². The molecular formula is C25H35N3O6S. The van der Waals surface area contributed by atoms with Gasteiger partial charge in [0.2, 0.25) is 10.0 Å². The number of hydrogen-bond acceptors (Lipinski definition) is 7. The third kappa shape index (κ3) is 5.55. The molecule has 192 valence electrons. The van der Waals surface area contributed by atoms with Gasteiger partial charge in [-0.05, 0) is 43.3 Å². The third-order valence-electron chi connectivity index (χ3n) is 6.36. The third-order valence-corrected chi connectivity index (χ3v) is 8.19. The molecule has 2 aromatic carbocycles. The molecule has 0 spiro atoms. The maximum absolute atomic E-state index is 13.4. The van der Waals surface area contributed by atoms with Crippen LogP contribution in [0.1, 0.15) is 24.2 Å². The predicted octanol–water partition coefficient (Wildman–Crippen LogP) is 2.30. The van der Waals surface area contributed by atoms with Crippen LogP contribution in [0.3, 0.4) is 0 Å². The first-order valence-electron chi connectivity index (χ1n) is 11.5. The lowest BCUT2D eigenvalue weighted by Gasteiger charge is -2.38. The van der Waals surface area contributed by atoms with E-state index < -0.39 is 22.2 Å². The summed E-state index contributed by atoms with van der Waals surface area (Å²) in [6, 6.07) is 11.2. The van der Waals surface area contributed by atoms with E-state index in [1.54, 1.807) is 36.1 Å². The van der Waals surface area contributed by atoms with E-state index in [1.807, 2.05) is 32.0 Å². The number of para-hydroxylation sites is 1.